The van der Waals surface area contributed by atoms with Crippen molar-refractivity contribution in [3.8, 4) is 5.88 Å². The summed E-state index contributed by atoms with van der Waals surface area (Å²) in [5.41, 5.74) is 19.5. The summed E-state index contributed by atoms with van der Waals surface area (Å²) in [5, 5.41) is 2.90. The van der Waals surface area contributed by atoms with Gasteiger partial charge in [-0.05, 0) is 11.1 Å². The highest BCUT2D eigenvalue weighted by Gasteiger charge is 2.11. The van der Waals surface area contributed by atoms with Crippen LogP contribution in [0, 0.1) is 0 Å². The number of anilines is 3. The van der Waals surface area contributed by atoms with Gasteiger partial charge in [-0.15, -0.1) is 0 Å². The Labute approximate surface area is 117 Å². The van der Waals surface area contributed by atoms with E-state index in [1.807, 2.05) is 24.3 Å². The van der Waals surface area contributed by atoms with Crippen molar-refractivity contribution in [2.45, 2.75) is 13.2 Å². The molecule has 0 aliphatic rings. The normalized spacial score (nSPS) is 10.3. The first-order valence-electron chi connectivity index (χ1n) is 6.15. The summed E-state index contributed by atoms with van der Waals surface area (Å²) in [7, 11) is 1.72. The lowest BCUT2D eigenvalue weighted by molar-refractivity contribution is 0.296. The molecule has 106 valence electrons. The summed E-state index contributed by atoms with van der Waals surface area (Å²) < 4.78 is 5.64. The number of aromatic nitrogens is 2. The van der Waals surface area contributed by atoms with Gasteiger partial charge in [-0.3, -0.25) is 0 Å². The molecule has 2 aromatic rings. The Morgan fingerprint density at radius 1 is 1.10 bits per heavy atom. The van der Waals surface area contributed by atoms with Gasteiger partial charge >= 0.3 is 0 Å². The maximum atomic E-state index is 5.75. The van der Waals surface area contributed by atoms with Gasteiger partial charge in [-0.1, -0.05) is 24.3 Å². The quantitative estimate of drug-likeness (QED) is 0.633. The molecule has 0 saturated carbocycles. The predicted octanol–water partition coefficient (Wildman–Crippen LogP) is 0.720. The Balaban J connectivity index is 2.13. The van der Waals surface area contributed by atoms with Crippen molar-refractivity contribution < 1.29 is 4.74 Å². The van der Waals surface area contributed by atoms with Crippen LogP contribution in [0.3, 0.4) is 0 Å². The second kappa shape index (κ2) is 6.07. The molecule has 0 saturated heterocycles. The summed E-state index contributed by atoms with van der Waals surface area (Å²) in [6.07, 6.45) is 0. The number of nitrogen functional groups attached to an aromatic ring is 2. The van der Waals surface area contributed by atoms with Gasteiger partial charge in [0.15, 0.2) is 5.82 Å². The molecular weight excluding hydrogens is 256 g/mol. The summed E-state index contributed by atoms with van der Waals surface area (Å²) >= 11 is 0. The van der Waals surface area contributed by atoms with E-state index in [4.69, 9.17) is 21.9 Å². The fraction of sp³-hybridized carbons (Fsp3) is 0.231. The minimum atomic E-state index is 0.0787. The molecule has 7 nitrogen and oxygen atoms in total. The lowest BCUT2D eigenvalue weighted by Crippen LogP contribution is -2.08. The molecule has 1 aromatic carbocycles. The van der Waals surface area contributed by atoms with Gasteiger partial charge in [-0.25, -0.2) is 0 Å². The van der Waals surface area contributed by atoms with E-state index in [1.54, 1.807) is 7.05 Å². The molecule has 0 amide bonds. The molecule has 0 bridgehead atoms. The van der Waals surface area contributed by atoms with E-state index in [1.165, 1.54) is 0 Å². The molecular formula is C13H18N6O. The van der Waals surface area contributed by atoms with Gasteiger partial charge < -0.3 is 27.3 Å². The fourth-order valence-electron chi connectivity index (χ4n) is 1.74. The number of hydrogen-bond acceptors (Lipinski definition) is 7. The van der Waals surface area contributed by atoms with E-state index in [0.29, 0.717) is 24.7 Å². The Morgan fingerprint density at radius 2 is 1.75 bits per heavy atom. The molecule has 0 unspecified atom stereocenters. The van der Waals surface area contributed by atoms with E-state index < -0.39 is 0 Å². The number of nitrogens with one attached hydrogen (secondary N) is 1. The minimum absolute atomic E-state index is 0.0787. The maximum absolute atomic E-state index is 5.75. The first-order chi connectivity index (χ1) is 9.63. The average Bonchev–Trinajstić information content (AvgIpc) is 2.45. The third-order valence-electron chi connectivity index (χ3n) is 2.81. The molecule has 20 heavy (non-hydrogen) atoms. The molecule has 0 aliphatic carbocycles. The zero-order chi connectivity index (χ0) is 14.5. The van der Waals surface area contributed by atoms with Crippen molar-refractivity contribution in [2.75, 3.05) is 23.8 Å². The molecule has 2 rings (SSSR count). The Kier molecular flexibility index (Phi) is 4.21. The summed E-state index contributed by atoms with van der Waals surface area (Å²) in [6.45, 7) is 0.874. The molecule has 0 atom stereocenters. The van der Waals surface area contributed by atoms with E-state index in [-0.39, 0.29) is 11.8 Å². The lowest BCUT2D eigenvalue weighted by atomic mass is 10.1. The van der Waals surface area contributed by atoms with Crippen molar-refractivity contribution in [2.24, 2.45) is 5.73 Å². The van der Waals surface area contributed by atoms with Crippen LogP contribution in [0.5, 0.6) is 5.88 Å². The Morgan fingerprint density at radius 3 is 2.35 bits per heavy atom. The highest BCUT2D eigenvalue weighted by molar-refractivity contribution is 5.68. The fourth-order valence-corrected chi connectivity index (χ4v) is 1.74. The van der Waals surface area contributed by atoms with Crippen molar-refractivity contribution in [3.63, 3.8) is 0 Å². The number of nitrogens with two attached hydrogens (primary N) is 3. The first-order valence-corrected chi connectivity index (χ1v) is 6.15. The van der Waals surface area contributed by atoms with Gasteiger partial charge in [0, 0.05) is 13.6 Å². The average molecular weight is 274 g/mol. The molecule has 1 heterocycles. The largest absolute Gasteiger partial charge is 0.471 e. The zero-order valence-corrected chi connectivity index (χ0v) is 11.3. The van der Waals surface area contributed by atoms with Crippen LogP contribution in [-0.2, 0) is 13.2 Å². The highest BCUT2D eigenvalue weighted by atomic mass is 16.5. The van der Waals surface area contributed by atoms with Gasteiger partial charge in [0.2, 0.25) is 11.8 Å². The number of nitrogens with zero attached hydrogens (tertiary/aromatic N) is 2. The standard InChI is InChI=1S/C13H18N6O/c1-17-10-11(15)18-13(16)19-12(10)20-7-9-4-2-8(6-14)3-5-9/h2-5,17H,6-7,14H2,1H3,(H4,15,16,18,19). The van der Waals surface area contributed by atoms with Gasteiger partial charge in [0.25, 0.3) is 0 Å². The van der Waals surface area contributed by atoms with E-state index in [0.717, 1.165) is 11.1 Å². The third kappa shape index (κ3) is 3.07. The molecule has 1 aromatic heterocycles. The highest BCUT2D eigenvalue weighted by Crippen LogP contribution is 2.28. The molecule has 0 spiro atoms. The van der Waals surface area contributed by atoms with Crippen LogP contribution in [0.25, 0.3) is 0 Å². The van der Waals surface area contributed by atoms with Crippen molar-refractivity contribution in [1.29, 1.82) is 0 Å². The maximum Gasteiger partial charge on any atom is 0.244 e. The summed E-state index contributed by atoms with van der Waals surface area (Å²) in [6, 6.07) is 7.82. The summed E-state index contributed by atoms with van der Waals surface area (Å²) in [4.78, 5) is 7.91. The number of benzene rings is 1. The predicted molar refractivity (Wildman–Crippen MR) is 79.1 cm³/mol. The zero-order valence-electron chi connectivity index (χ0n) is 11.3. The topological polar surface area (TPSA) is 125 Å². The van der Waals surface area contributed by atoms with Crippen LogP contribution >= 0.6 is 0 Å². The SMILES string of the molecule is CNc1c(N)nc(N)nc1OCc1ccc(CN)cc1. The number of rotatable bonds is 5. The molecule has 7 N–H and O–H groups in total. The third-order valence-corrected chi connectivity index (χ3v) is 2.81. The van der Waals surface area contributed by atoms with Gasteiger partial charge in [-0.2, -0.15) is 9.97 Å². The van der Waals surface area contributed by atoms with E-state index in [9.17, 15) is 0 Å². The van der Waals surface area contributed by atoms with Crippen LogP contribution in [0.15, 0.2) is 24.3 Å². The molecule has 0 fully saturated rings. The van der Waals surface area contributed by atoms with E-state index >= 15 is 0 Å². The number of hydrogen-bond donors (Lipinski definition) is 4. The molecule has 0 aliphatic heterocycles. The second-order valence-electron chi connectivity index (χ2n) is 4.21. The van der Waals surface area contributed by atoms with Crippen molar-refractivity contribution in [1.82, 2.24) is 9.97 Å². The lowest BCUT2D eigenvalue weighted by Gasteiger charge is -2.12. The Hall–Kier alpha value is -2.54. The van der Waals surface area contributed by atoms with Gasteiger partial charge in [0.1, 0.15) is 12.3 Å². The van der Waals surface area contributed by atoms with E-state index in [2.05, 4.69) is 15.3 Å². The Bertz CT molecular complexity index is 584. The minimum Gasteiger partial charge on any atom is -0.471 e. The smallest absolute Gasteiger partial charge is 0.244 e. The first kappa shape index (κ1) is 13.9. The monoisotopic (exact) mass is 274 g/mol. The van der Waals surface area contributed by atoms with Crippen molar-refractivity contribution in [3.05, 3.63) is 35.4 Å². The van der Waals surface area contributed by atoms with Crippen LogP contribution in [0.1, 0.15) is 11.1 Å². The summed E-state index contributed by atoms with van der Waals surface area (Å²) in [5.74, 6) is 0.670. The number of ether oxygens (including phenoxy) is 1. The van der Waals surface area contributed by atoms with Crippen LogP contribution in [0.4, 0.5) is 17.5 Å². The second-order valence-corrected chi connectivity index (χ2v) is 4.21. The van der Waals surface area contributed by atoms with Gasteiger partial charge in [0.05, 0.1) is 0 Å². The van der Waals surface area contributed by atoms with Crippen molar-refractivity contribution >= 4 is 17.5 Å². The molecule has 0 radical (unpaired) electrons. The van der Waals surface area contributed by atoms with Crippen LogP contribution in [-0.4, -0.2) is 17.0 Å². The van der Waals surface area contributed by atoms with Crippen LogP contribution in [0.2, 0.25) is 0 Å². The molecule has 7 heteroatoms. The van der Waals surface area contributed by atoms with Crippen LogP contribution < -0.4 is 27.3 Å².